The molecule has 2 heterocycles. The molecule has 1 spiro atoms. The van der Waals surface area contributed by atoms with Crippen LogP contribution in [-0.4, -0.2) is 24.0 Å². The first-order valence-corrected chi connectivity index (χ1v) is 6.81. The van der Waals surface area contributed by atoms with Crippen LogP contribution < -0.4 is 10.6 Å². The van der Waals surface area contributed by atoms with Crippen LogP contribution in [0.3, 0.4) is 0 Å². The highest BCUT2D eigenvalue weighted by Crippen LogP contribution is 2.57. The minimum atomic E-state index is -2.45. The number of anilines is 2. The number of nitrogens with two attached hydrogens (primary N) is 1. The van der Waals surface area contributed by atoms with Crippen molar-refractivity contribution in [2.45, 2.75) is 31.6 Å². The number of piperidine rings is 1. The molecule has 0 atom stereocenters. The Labute approximate surface area is 115 Å². The van der Waals surface area contributed by atoms with Gasteiger partial charge in [0.2, 0.25) is 5.92 Å². The minimum absolute atomic E-state index is 0.0384. The maximum atomic E-state index is 13.0. The lowest BCUT2D eigenvalue weighted by Gasteiger charge is -2.52. The molecule has 19 heavy (non-hydrogen) atoms. The van der Waals surface area contributed by atoms with Crippen molar-refractivity contribution in [1.82, 2.24) is 4.98 Å². The predicted octanol–water partition coefficient (Wildman–Crippen LogP) is 3.33. The Kier molecular flexibility index (Phi) is 2.85. The number of hydrogen-bond donors (Lipinski definition) is 1. The van der Waals surface area contributed by atoms with Crippen molar-refractivity contribution >= 4 is 23.1 Å². The summed E-state index contributed by atoms with van der Waals surface area (Å²) >= 11 is 6.12. The summed E-state index contributed by atoms with van der Waals surface area (Å²) in [4.78, 5) is 6.30. The summed E-state index contributed by atoms with van der Waals surface area (Å²) in [7, 11) is 0. The van der Waals surface area contributed by atoms with Gasteiger partial charge >= 0.3 is 0 Å². The Morgan fingerprint density at radius 1 is 1.26 bits per heavy atom. The second-order valence-corrected chi connectivity index (χ2v) is 6.18. The third kappa shape index (κ3) is 2.36. The van der Waals surface area contributed by atoms with E-state index in [1.165, 1.54) is 0 Å². The van der Waals surface area contributed by atoms with Crippen LogP contribution in [0.1, 0.15) is 25.7 Å². The molecule has 104 valence electrons. The molecule has 2 aliphatic rings. The van der Waals surface area contributed by atoms with Gasteiger partial charge in [0.15, 0.2) is 0 Å². The van der Waals surface area contributed by atoms with E-state index >= 15 is 0 Å². The molecular formula is C13H16ClF2N3. The second-order valence-electron chi connectivity index (χ2n) is 5.77. The van der Waals surface area contributed by atoms with E-state index in [1.54, 1.807) is 12.3 Å². The van der Waals surface area contributed by atoms with E-state index < -0.39 is 5.92 Å². The van der Waals surface area contributed by atoms with Gasteiger partial charge in [-0.3, -0.25) is 0 Å². The molecule has 1 aliphatic carbocycles. The van der Waals surface area contributed by atoms with Gasteiger partial charge in [0, 0.05) is 25.9 Å². The van der Waals surface area contributed by atoms with E-state index in [0.29, 0.717) is 16.5 Å². The summed E-state index contributed by atoms with van der Waals surface area (Å²) in [6.07, 6.45) is 3.21. The Morgan fingerprint density at radius 2 is 1.89 bits per heavy atom. The predicted molar refractivity (Wildman–Crippen MR) is 71.7 cm³/mol. The van der Waals surface area contributed by atoms with Gasteiger partial charge in [0.25, 0.3) is 0 Å². The minimum Gasteiger partial charge on any atom is -0.397 e. The Bertz CT molecular complexity index is 489. The molecule has 3 nitrogen and oxygen atoms in total. The van der Waals surface area contributed by atoms with E-state index in [9.17, 15) is 8.78 Å². The normalized spacial score (nSPS) is 24.3. The first kappa shape index (κ1) is 12.9. The molecule has 0 aromatic carbocycles. The molecular weight excluding hydrogens is 272 g/mol. The molecule has 2 N–H and O–H groups in total. The van der Waals surface area contributed by atoms with Crippen LogP contribution in [0.5, 0.6) is 0 Å². The number of aromatic nitrogens is 1. The molecule has 1 saturated heterocycles. The molecule has 1 aromatic rings. The maximum absolute atomic E-state index is 13.0. The average Bonchev–Trinajstić information content (AvgIpc) is 2.28. The van der Waals surface area contributed by atoms with E-state index in [-0.39, 0.29) is 18.3 Å². The van der Waals surface area contributed by atoms with Gasteiger partial charge in [-0.05, 0) is 24.3 Å². The highest BCUT2D eigenvalue weighted by molar-refractivity contribution is 6.33. The summed E-state index contributed by atoms with van der Waals surface area (Å²) in [5.41, 5.74) is 5.99. The second kappa shape index (κ2) is 4.20. The van der Waals surface area contributed by atoms with Crippen LogP contribution in [0, 0.1) is 5.41 Å². The van der Waals surface area contributed by atoms with Crippen LogP contribution in [0.4, 0.5) is 20.3 Å². The van der Waals surface area contributed by atoms with Gasteiger partial charge in [-0.15, -0.1) is 0 Å². The molecule has 6 heteroatoms. The van der Waals surface area contributed by atoms with Gasteiger partial charge in [0.1, 0.15) is 5.82 Å². The largest absolute Gasteiger partial charge is 0.397 e. The molecule has 0 unspecified atom stereocenters. The Balaban J connectivity index is 1.67. The summed E-state index contributed by atoms with van der Waals surface area (Å²) < 4.78 is 26.1. The fourth-order valence-electron chi connectivity index (χ4n) is 3.27. The lowest BCUT2D eigenvalue weighted by Crippen LogP contribution is -2.52. The number of nitrogens with zero attached hydrogens (tertiary/aromatic N) is 2. The zero-order valence-corrected chi connectivity index (χ0v) is 11.3. The first-order chi connectivity index (χ1) is 8.89. The number of nitrogen functional groups attached to an aromatic ring is 1. The monoisotopic (exact) mass is 287 g/mol. The highest BCUT2D eigenvalue weighted by Gasteiger charge is 2.56. The molecule has 0 radical (unpaired) electrons. The van der Waals surface area contributed by atoms with E-state index in [4.69, 9.17) is 17.3 Å². The quantitative estimate of drug-likeness (QED) is 0.861. The summed E-state index contributed by atoms with van der Waals surface area (Å²) in [6, 6.07) is 1.67. The van der Waals surface area contributed by atoms with Gasteiger partial charge in [0.05, 0.1) is 16.9 Å². The molecule has 0 bridgehead atoms. The molecule has 1 aliphatic heterocycles. The zero-order chi connectivity index (χ0) is 13.7. The van der Waals surface area contributed by atoms with Crippen molar-refractivity contribution in [3.63, 3.8) is 0 Å². The van der Waals surface area contributed by atoms with E-state index in [1.807, 2.05) is 0 Å². The van der Waals surface area contributed by atoms with Crippen LogP contribution in [0.25, 0.3) is 0 Å². The zero-order valence-electron chi connectivity index (χ0n) is 10.5. The smallest absolute Gasteiger partial charge is 0.249 e. The average molecular weight is 288 g/mol. The maximum Gasteiger partial charge on any atom is 0.249 e. The summed E-state index contributed by atoms with van der Waals surface area (Å²) in [5, 5.41) is 0.523. The number of hydrogen-bond acceptors (Lipinski definition) is 3. The van der Waals surface area contributed by atoms with E-state index in [0.717, 1.165) is 25.9 Å². The molecule has 0 amide bonds. The Morgan fingerprint density at radius 3 is 2.42 bits per heavy atom. The van der Waals surface area contributed by atoms with Crippen LogP contribution in [0.15, 0.2) is 12.3 Å². The highest BCUT2D eigenvalue weighted by atomic mass is 35.5. The lowest BCUT2D eigenvalue weighted by molar-refractivity contribution is -0.168. The van der Waals surface area contributed by atoms with Crippen molar-refractivity contribution in [1.29, 1.82) is 0 Å². The molecule has 1 aromatic heterocycles. The number of rotatable bonds is 1. The number of halogens is 3. The fraction of sp³-hybridized carbons (Fsp3) is 0.615. The molecule has 2 fully saturated rings. The van der Waals surface area contributed by atoms with Crippen molar-refractivity contribution in [2.24, 2.45) is 5.41 Å². The third-order valence-electron chi connectivity index (χ3n) is 4.23. The van der Waals surface area contributed by atoms with Gasteiger partial charge in [-0.2, -0.15) is 0 Å². The summed E-state index contributed by atoms with van der Waals surface area (Å²) in [6.45, 7) is 1.46. The van der Waals surface area contributed by atoms with Crippen molar-refractivity contribution in [2.75, 3.05) is 23.7 Å². The van der Waals surface area contributed by atoms with Gasteiger partial charge in [-0.25, -0.2) is 13.8 Å². The fourth-order valence-corrected chi connectivity index (χ4v) is 3.56. The van der Waals surface area contributed by atoms with Crippen LogP contribution >= 0.6 is 11.6 Å². The number of alkyl halides is 2. The van der Waals surface area contributed by atoms with Crippen LogP contribution in [0.2, 0.25) is 5.02 Å². The molecule has 1 saturated carbocycles. The van der Waals surface area contributed by atoms with Gasteiger partial charge in [-0.1, -0.05) is 11.6 Å². The molecule has 3 rings (SSSR count). The lowest BCUT2D eigenvalue weighted by atomic mass is 9.61. The SMILES string of the molecule is Nc1cnc(N2CCC3(CC2)CC(F)(F)C3)c(Cl)c1. The van der Waals surface area contributed by atoms with Crippen LogP contribution in [-0.2, 0) is 0 Å². The van der Waals surface area contributed by atoms with E-state index in [2.05, 4.69) is 9.88 Å². The van der Waals surface area contributed by atoms with Crippen molar-refractivity contribution in [3.8, 4) is 0 Å². The van der Waals surface area contributed by atoms with Crippen molar-refractivity contribution < 1.29 is 8.78 Å². The topological polar surface area (TPSA) is 42.1 Å². The first-order valence-electron chi connectivity index (χ1n) is 6.43. The third-order valence-corrected chi connectivity index (χ3v) is 4.51. The van der Waals surface area contributed by atoms with Gasteiger partial charge < -0.3 is 10.6 Å². The standard InChI is InChI=1S/C13H16ClF2N3/c14-10-5-9(17)6-18-11(10)19-3-1-12(2-4-19)7-13(15,16)8-12/h5-6H,1-4,7-8,17H2. The Hall–Kier alpha value is -1.10. The number of pyridine rings is 1. The summed E-state index contributed by atoms with van der Waals surface area (Å²) in [5.74, 6) is -1.74. The van der Waals surface area contributed by atoms with Crippen molar-refractivity contribution in [3.05, 3.63) is 17.3 Å².